The van der Waals surface area contributed by atoms with Crippen molar-refractivity contribution < 1.29 is 9.68 Å². The van der Waals surface area contributed by atoms with E-state index in [1.54, 1.807) is 0 Å². The molecule has 2 fully saturated rings. The molecule has 2 saturated heterocycles. The van der Waals surface area contributed by atoms with E-state index in [1.165, 1.54) is 16.0 Å². The van der Waals surface area contributed by atoms with E-state index in [-0.39, 0.29) is 6.10 Å². The molecular formula is C14H10N2O2. The van der Waals surface area contributed by atoms with Crippen molar-refractivity contribution in [2.24, 2.45) is 0 Å². The van der Waals surface area contributed by atoms with Crippen molar-refractivity contribution in [3.63, 3.8) is 0 Å². The number of fused-ring (bicyclic) bond motifs is 2. The fraction of sp³-hybridized carbons (Fsp3) is 0.214. The van der Waals surface area contributed by atoms with Crippen LogP contribution in [-0.4, -0.2) is 11.0 Å². The molecule has 2 heterocycles. The second-order valence-electron chi connectivity index (χ2n) is 4.65. The van der Waals surface area contributed by atoms with Crippen molar-refractivity contribution in [3.05, 3.63) is 48.0 Å². The lowest BCUT2D eigenvalue weighted by Crippen LogP contribution is -2.07. The average Bonchev–Trinajstić information content (AvgIpc) is 3.00. The minimum atomic E-state index is -0.837. The fourth-order valence-corrected chi connectivity index (χ4v) is 2.43. The Labute approximate surface area is 104 Å². The van der Waals surface area contributed by atoms with Gasteiger partial charge in [-0.15, -0.1) is 0 Å². The van der Waals surface area contributed by atoms with Crippen LogP contribution in [-0.2, 0) is 9.68 Å². The zero-order chi connectivity index (χ0) is 12.2. The molecule has 2 aromatic rings. The zero-order valence-corrected chi connectivity index (χ0v) is 9.54. The second-order valence-corrected chi connectivity index (χ2v) is 4.65. The molecule has 0 saturated carbocycles. The second kappa shape index (κ2) is 3.30. The van der Waals surface area contributed by atoms with E-state index in [1.807, 2.05) is 18.2 Å². The normalized spacial score (nSPS) is 33.1. The molecule has 3 atom stereocenters. The first-order valence-electron chi connectivity index (χ1n) is 5.87. The highest BCUT2D eigenvalue weighted by Crippen LogP contribution is 2.51. The van der Waals surface area contributed by atoms with E-state index in [9.17, 15) is 0 Å². The Morgan fingerprint density at radius 1 is 1.22 bits per heavy atom. The first kappa shape index (κ1) is 10.0. The van der Waals surface area contributed by atoms with E-state index in [0.717, 1.165) is 5.56 Å². The van der Waals surface area contributed by atoms with Gasteiger partial charge in [0.1, 0.15) is 12.2 Å². The Bertz CT molecular complexity index is 679. The van der Waals surface area contributed by atoms with Crippen molar-refractivity contribution in [2.75, 3.05) is 0 Å². The molecule has 0 N–H and O–H groups in total. The smallest absolute Gasteiger partial charge is 0.262 e. The summed E-state index contributed by atoms with van der Waals surface area (Å²) in [4.78, 5) is 10.6. The van der Waals surface area contributed by atoms with Crippen LogP contribution in [0.1, 0.15) is 18.1 Å². The Morgan fingerprint density at radius 3 is 2.83 bits per heavy atom. The summed E-state index contributed by atoms with van der Waals surface area (Å²) < 4.78 is 0. The lowest BCUT2D eigenvalue weighted by atomic mass is 9.99. The first-order valence-corrected chi connectivity index (χ1v) is 5.87. The summed E-state index contributed by atoms with van der Waals surface area (Å²) in [6, 6.07) is 16.6. The van der Waals surface area contributed by atoms with E-state index >= 15 is 0 Å². The first-order chi connectivity index (χ1) is 8.81. The van der Waals surface area contributed by atoms with E-state index in [4.69, 9.17) is 14.9 Å². The molecular weight excluding hydrogens is 228 g/mol. The van der Waals surface area contributed by atoms with Gasteiger partial charge >= 0.3 is 0 Å². The number of hydrogen-bond donors (Lipinski definition) is 0. The molecule has 18 heavy (non-hydrogen) atoms. The Hall–Kier alpha value is -1.93. The molecule has 0 spiro atoms. The van der Waals surface area contributed by atoms with Crippen molar-refractivity contribution in [1.29, 1.82) is 5.26 Å². The highest BCUT2D eigenvalue weighted by molar-refractivity contribution is 5.83. The third-order valence-electron chi connectivity index (χ3n) is 3.50. The van der Waals surface area contributed by atoms with Crippen molar-refractivity contribution in [2.45, 2.75) is 18.2 Å². The molecule has 0 amide bonds. The molecule has 0 aromatic heterocycles. The number of nitriles is 1. The van der Waals surface area contributed by atoms with Gasteiger partial charge in [-0.1, -0.05) is 36.4 Å². The SMILES string of the molecule is N#CC12CC(c3ccc4ccccc4c3)ON1O2. The van der Waals surface area contributed by atoms with Gasteiger partial charge < -0.3 is 0 Å². The standard InChI is InChI=1S/C14H10N2O2/c15-9-14-8-13(17-16(14)18-14)12-6-5-10-3-1-2-4-11(10)7-12/h1-7,13H,8H2. The summed E-state index contributed by atoms with van der Waals surface area (Å²) in [7, 11) is 0. The van der Waals surface area contributed by atoms with Gasteiger partial charge in [0.2, 0.25) is 0 Å². The van der Waals surface area contributed by atoms with Gasteiger partial charge in [-0.2, -0.15) is 5.26 Å². The Morgan fingerprint density at radius 2 is 2.06 bits per heavy atom. The minimum absolute atomic E-state index is 0.0944. The molecule has 4 nitrogen and oxygen atoms in total. The Kier molecular flexibility index (Phi) is 1.84. The topological polar surface area (TPSA) is 48.6 Å². The molecule has 2 aliphatic heterocycles. The van der Waals surface area contributed by atoms with Crippen LogP contribution in [0.25, 0.3) is 10.8 Å². The number of benzene rings is 2. The van der Waals surface area contributed by atoms with Gasteiger partial charge in [0.15, 0.2) is 0 Å². The third kappa shape index (κ3) is 1.30. The lowest BCUT2D eigenvalue weighted by molar-refractivity contribution is -0.191. The average molecular weight is 238 g/mol. The molecule has 0 aliphatic carbocycles. The van der Waals surface area contributed by atoms with Gasteiger partial charge in [-0.25, -0.2) is 4.84 Å². The molecule has 4 rings (SSSR count). The highest BCUT2D eigenvalue weighted by Gasteiger charge is 2.65. The number of nitrogens with zero attached hydrogens (tertiary/aromatic N) is 2. The maximum absolute atomic E-state index is 9.01. The van der Waals surface area contributed by atoms with E-state index < -0.39 is 5.72 Å². The zero-order valence-electron chi connectivity index (χ0n) is 9.54. The van der Waals surface area contributed by atoms with Crippen LogP contribution in [0.3, 0.4) is 0 Å². The van der Waals surface area contributed by atoms with Gasteiger partial charge in [-0.3, -0.25) is 4.84 Å². The quantitative estimate of drug-likeness (QED) is 0.717. The van der Waals surface area contributed by atoms with Gasteiger partial charge in [0.05, 0.1) is 0 Å². The lowest BCUT2D eigenvalue weighted by Gasteiger charge is -2.11. The van der Waals surface area contributed by atoms with Crippen LogP contribution in [0.2, 0.25) is 0 Å². The molecule has 0 radical (unpaired) electrons. The van der Waals surface area contributed by atoms with Crippen LogP contribution in [0.5, 0.6) is 0 Å². The molecule has 0 bridgehead atoms. The van der Waals surface area contributed by atoms with Crippen LogP contribution in [0, 0.1) is 11.3 Å². The van der Waals surface area contributed by atoms with Crippen molar-refractivity contribution in [3.8, 4) is 6.07 Å². The van der Waals surface area contributed by atoms with Crippen LogP contribution in [0.4, 0.5) is 0 Å². The summed E-state index contributed by atoms with van der Waals surface area (Å²) in [5, 5.41) is 12.7. The molecule has 4 heteroatoms. The van der Waals surface area contributed by atoms with Crippen molar-refractivity contribution in [1.82, 2.24) is 5.23 Å². The Balaban J connectivity index is 1.70. The molecule has 3 unspecified atom stereocenters. The predicted octanol–water partition coefficient (Wildman–Crippen LogP) is 2.68. The molecule has 88 valence electrons. The van der Waals surface area contributed by atoms with Gasteiger partial charge in [0, 0.05) is 6.42 Å². The maximum atomic E-state index is 9.01. The summed E-state index contributed by atoms with van der Waals surface area (Å²) in [6.45, 7) is 0. The monoisotopic (exact) mass is 238 g/mol. The maximum Gasteiger partial charge on any atom is 0.281 e. The molecule has 2 aliphatic rings. The minimum Gasteiger partial charge on any atom is -0.262 e. The van der Waals surface area contributed by atoms with E-state index in [0.29, 0.717) is 6.42 Å². The number of hydrogen-bond acceptors (Lipinski definition) is 4. The third-order valence-corrected chi connectivity index (χ3v) is 3.50. The summed E-state index contributed by atoms with van der Waals surface area (Å²) in [5.74, 6) is 0. The van der Waals surface area contributed by atoms with Crippen LogP contribution < -0.4 is 0 Å². The van der Waals surface area contributed by atoms with Crippen LogP contribution >= 0.6 is 0 Å². The summed E-state index contributed by atoms with van der Waals surface area (Å²) >= 11 is 0. The van der Waals surface area contributed by atoms with Gasteiger partial charge in [0.25, 0.3) is 5.72 Å². The van der Waals surface area contributed by atoms with Crippen molar-refractivity contribution >= 4 is 10.8 Å². The fourth-order valence-electron chi connectivity index (χ4n) is 2.43. The van der Waals surface area contributed by atoms with Crippen LogP contribution in [0.15, 0.2) is 42.5 Å². The number of hydroxylamine groups is 2. The molecule has 2 aromatic carbocycles. The number of rotatable bonds is 1. The van der Waals surface area contributed by atoms with Gasteiger partial charge in [-0.05, 0) is 27.6 Å². The summed E-state index contributed by atoms with van der Waals surface area (Å²) in [5.41, 5.74) is 0.246. The summed E-state index contributed by atoms with van der Waals surface area (Å²) in [6.07, 6.45) is 0.463. The highest BCUT2D eigenvalue weighted by atomic mass is 17.1. The predicted molar refractivity (Wildman–Crippen MR) is 63.7 cm³/mol. The largest absolute Gasteiger partial charge is 0.281 e. The van der Waals surface area contributed by atoms with E-state index in [2.05, 4.69) is 30.3 Å².